The monoisotopic (exact) mass is 635 g/mol. The molecule has 11 heteroatoms. The molecule has 0 bridgehead atoms. The van der Waals surface area contributed by atoms with Crippen LogP contribution in [0.5, 0.6) is 5.75 Å². The van der Waals surface area contributed by atoms with Crippen LogP contribution in [-0.4, -0.2) is 57.2 Å². The van der Waals surface area contributed by atoms with Crippen LogP contribution < -0.4 is 19.7 Å². The minimum absolute atomic E-state index is 0.147. The molecule has 2 atom stereocenters. The Bertz CT molecular complexity index is 1330. The number of aliphatic hydroxyl groups excluding tert-OH is 1. The Hall–Kier alpha value is -2.50. The second kappa shape index (κ2) is 14.8. The van der Waals surface area contributed by atoms with Gasteiger partial charge in [-0.2, -0.15) is 0 Å². The number of benzene rings is 3. The van der Waals surface area contributed by atoms with Gasteiger partial charge in [-0.25, -0.2) is 0 Å². The third-order valence-electron chi connectivity index (χ3n) is 6.88. The topological polar surface area (TPSA) is 114 Å². The summed E-state index contributed by atoms with van der Waals surface area (Å²) >= 11 is 12.2. The Kier molecular flexibility index (Phi) is 11.4. The summed E-state index contributed by atoms with van der Waals surface area (Å²) in [5.41, 5.74) is 2.65. The molecule has 1 fully saturated rings. The molecule has 4 rings (SSSR count). The fourth-order valence-corrected chi connectivity index (χ4v) is 7.17. The van der Waals surface area contributed by atoms with E-state index in [9.17, 15) is 19.0 Å². The smallest absolute Gasteiger partial charge is 0.251 e. The first-order valence-corrected chi connectivity index (χ1v) is 16.5. The van der Waals surface area contributed by atoms with Crippen molar-refractivity contribution in [2.75, 3.05) is 23.1 Å². The van der Waals surface area contributed by atoms with Crippen molar-refractivity contribution in [1.29, 1.82) is 0 Å². The molecule has 228 valence electrons. The molecule has 0 aromatic heterocycles. The number of rotatable bonds is 12. The lowest BCUT2D eigenvalue weighted by Gasteiger charge is -2.47. The van der Waals surface area contributed by atoms with Gasteiger partial charge in [0.15, 0.2) is 0 Å². The van der Waals surface area contributed by atoms with E-state index in [2.05, 4.69) is 10.6 Å². The Morgan fingerprint density at radius 3 is 2.38 bits per heavy atom. The van der Waals surface area contributed by atoms with E-state index in [4.69, 9.17) is 27.9 Å². The molecule has 1 amide bonds. The zero-order valence-corrected chi connectivity index (χ0v) is 26.1. The molecule has 5 N–H and O–H groups in total. The van der Waals surface area contributed by atoms with Gasteiger partial charge in [0.2, 0.25) is 0 Å². The van der Waals surface area contributed by atoms with Crippen molar-refractivity contribution in [3.8, 4) is 5.75 Å². The van der Waals surface area contributed by atoms with E-state index in [1.165, 1.54) is 0 Å². The average molecular weight is 637 g/mol. The minimum atomic E-state index is -3.00. The standard InChI is InChI=1S/C31H39Cl2N3O5S/c1-21(2)41-28-16-24(15-27(18-28)36-10-6-7-11-42(36,39)40)31(38)35-29(14-22-8-4-3-5-9-22)30(37)20-34-19-23-12-25(32)17-26(33)13-23/h3-5,8-9,12-13,15-18,21,29-30,34,37,39-40H,6-7,10-11,14,19-20H2,1-2H3,(H,35,38)/t29-,30+/m0/s1. The summed E-state index contributed by atoms with van der Waals surface area (Å²) in [6, 6.07) is 19.3. The zero-order valence-electron chi connectivity index (χ0n) is 23.8. The van der Waals surface area contributed by atoms with Gasteiger partial charge in [-0.05, 0) is 74.6 Å². The molecule has 3 aromatic carbocycles. The third kappa shape index (κ3) is 9.25. The molecule has 0 aliphatic carbocycles. The van der Waals surface area contributed by atoms with Crippen LogP contribution in [-0.2, 0) is 13.0 Å². The summed E-state index contributed by atoms with van der Waals surface area (Å²) in [4.78, 5) is 13.7. The van der Waals surface area contributed by atoms with E-state index in [-0.39, 0.29) is 18.4 Å². The molecule has 1 aliphatic heterocycles. The SMILES string of the molecule is CC(C)Oc1cc(C(=O)N[C@@H](Cc2ccccc2)[C@H](O)CNCc2cc(Cl)cc(Cl)c2)cc(N2CCCCS2(O)O)c1. The highest BCUT2D eigenvalue weighted by Gasteiger charge is 2.29. The molecule has 1 aliphatic rings. The van der Waals surface area contributed by atoms with E-state index < -0.39 is 28.8 Å². The van der Waals surface area contributed by atoms with Gasteiger partial charge in [-0.15, -0.1) is 10.8 Å². The number of aliphatic hydroxyl groups is 1. The van der Waals surface area contributed by atoms with Gasteiger partial charge in [0.1, 0.15) is 5.75 Å². The highest BCUT2D eigenvalue weighted by atomic mass is 35.5. The Labute approximate surface area is 259 Å². The van der Waals surface area contributed by atoms with Crippen molar-refractivity contribution in [3.05, 3.63) is 93.5 Å². The van der Waals surface area contributed by atoms with E-state index in [1.54, 1.807) is 40.7 Å². The molecule has 0 saturated carbocycles. The maximum absolute atomic E-state index is 13.7. The molecule has 3 aromatic rings. The number of carbonyl (C=O) groups excluding carboxylic acids is 1. The van der Waals surface area contributed by atoms with Crippen molar-refractivity contribution in [3.63, 3.8) is 0 Å². The molecule has 0 unspecified atom stereocenters. The van der Waals surface area contributed by atoms with Crippen LogP contribution in [0, 0.1) is 0 Å². The number of hydrogen-bond acceptors (Lipinski definition) is 7. The minimum Gasteiger partial charge on any atom is -0.491 e. The highest BCUT2D eigenvalue weighted by Crippen LogP contribution is 2.50. The van der Waals surface area contributed by atoms with Crippen LogP contribution in [0.4, 0.5) is 5.69 Å². The predicted molar refractivity (Wildman–Crippen MR) is 172 cm³/mol. The molecular weight excluding hydrogens is 597 g/mol. The second-order valence-corrected chi connectivity index (χ2v) is 13.8. The number of nitrogens with one attached hydrogen (secondary N) is 2. The number of amides is 1. The first kappa shape index (κ1) is 32.4. The first-order chi connectivity index (χ1) is 20.0. The van der Waals surface area contributed by atoms with Gasteiger partial charge < -0.3 is 20.5 Å². The molecule has 8 nitrogen and oxygen atoms in total. The lowest BCUT2D eigenvalue weighted by atomic mass is 10.00. The summed E-state index contributed by atoms with van der Waals surface area (Å²) in [6.07, 6.45) is 0.872. The maximum Gasteiger partial charge on any atom is 0.251 e. The fraction of sp³-hybridized carbons (Fsp3) is 0.387. The number of anilines is 1. The van der Waals surface area contributed by atoms with Gasteiger partial charge in [0.25, 0.3) is 5.91 Å². The molecule has 42 heavy (non-hydrogen) atoms. The lowest BCUT2D eigenvalue weighted by molar-refractivity contribution is 0.0829. The van der Waals surface area contributed by atoms with Crippen molar-refractivity contribution < 1.29 is 23.7 Å². The van der Waals surface area contributed by atoms with Crippen LogP contribution in [0.15, 0.2) is 66.7 Å². The quantitative estimate of drug-likeness (QED) is 0.154. The molecule has 0 radical (unpaired) electrons. The Balaban J connectivity index is 1.54. The molecular formula is C31H39Cl2N3O5S. The van der Waals surface area contributed by atoms with Gasteiger partial charge >= 0.3 is 0 Å². The summed E-state index contributed by atoms with van der Waals surface area (Å²) in [6.45, 7) is 4.88. The Morgan fingerprint density at radius 2 is 1.71 bits per heavy atom. The fourth-order valence-electron chi connectivity index (χ4n) is 4.93. The summed E-state index contributed by atoms with van der Waals surface area (Å²) < 4.78 is 29.0. The van der Waals surface area contributed by atoms with Gasteiger partial charge in [-0.1, -0.05) is 53.5 Å². The van der Waals surface area contributed by atoms with E-state index in [0.29, 0.717) is 46.6 Å². The number of halogens is 2. The van der Waals surface area contributed by atoms with Gasteiger partial charge in [0, 0.05) is 41.3 Å². The maximum atomic E-state index is 13.7. The van der Waals surface area contributed by atoms with Crippen LogP contribution in [0.25, 0.3) is 0 Å². The number of ether oxygens (including phenoxy) is 1. The normalized spacial score (nSPS) is 17.0. The van der Waals surface area contributed by atoms with Crippen molar-refractivity contribution in [2.24, 2.45) is 0 Å². The lowest BCUT2D eigenvalue weighted by Crippen LogP contribution is -2.48. The molecule has 0 spiro atoms. The van der Waals surface area contributed by atoms with E-state index >= 15 is 0 Å². The number of nitrogens with zero attached hydrogens (tertiary/aromatic N) is 1. The number of hydrogen-bond donors (Lipinski definition) is 5. The van der Waals surface area contributed by atoms with Gasteiger partial charge in [-0.3, -0.25) is 18.2 Å². The third-order valence-corrected chi connectivity index (χ3v) is 9.25. The largest absolute Gasteiger partial charge is 0.491 e. The van der Waals surface area contributed by atoms with Gasteiger partial charge in [0.05, 0.1) is 29.7 Å². The van der Waals surface area contributed by atoms with Crippen LogP contribution in [0.1, 0.15) is 48.2 Å². The average Bonchev–Trinajstić information content (AvgIpc) is 2.92. The van der Waals surface area contributed by atoms with E-state index in [0.717, 1.165) is 24.0 Å². The van der Waals surface area contributed by atoms with Crippen molar-refractivity contribution >= 4 is 45.6 Å². The zero-order chi connectivity index (χ0) is 30.3. The molecule has 1 heterocycles. The summed E-state index contributed by atoms with van der Waals surface area (Å²) in [5.74, 6) is 0.333. The van der Waals surface area contributed by atoms with E-state index in [1.807, 2.05) is 44.2 Å². The predicted octanol–water partition coefficient (Wildman–Crippen LogP) is 6.54. The Morgan fingerprint density at radius 1 is 1.00 bits per heavy atom. The van der Waals surface area contributed by atoms with Crippen LogP contribution >= 0.6 is 34.0 Å². The number of carbonyl (C=O) groups is 1. The molecule has 1 saturated heterocycles. The van der Waals surface area contributed by atoms with Crippen molar-refractivity contribution in [2.45, 2.75) is 57.9 Å². The van der Waals surface area contributed by atoms with Crippen LogP contribution in [0.2, 0.25) is 10.0 Å². The van der Waals surface area contributed by atoms with Crippen LogP contribution in [0.3, 0.4) is 0 Å². The summed E-state index contributed by atoms with van der Waals surface area (Å²) in [5, 5.41) is 18.5. The van der Waals surface area contributed by atoms with Crippen molar-refractivity contribution in [1.82, 2.24) is 10.6 Å². The second-order valence-electron chi connectivity index (χ2n) is 10.8. The first-order valence-electron chi connectivity index (χ1n) is 14.0. The highest BCUT2D eigenvalue weighted by molar-refractivity contribution is 8.25. The summed E-state index contributed by atoms with van der Waals surface area (Å²) in [7, 11) is -3.00.